The Hall–Kier alpha value is -0.890. The number of unbranched alkanes of at least 4 members (excludes halogenated alkanes) is 7. The Morgan fingerprint density at radius 3 is 2.25 bits per heavy atom. The van der Waals surface area contributed by atoms with Gasteiger partial charge in [-0.2, -0.15) is 0 Å². The number of anilines is 1. The van der Waals surface area contributed by atoms with Crippen LogP contribution in [0.2, 0.25) is 5.02 Å². The number of hydrogen-bond acceptors (Lipinski definition) is 2. The summed E-state index contributed by atoms with van der Waals surface area (Å²) in [4.78, 5) is 0. The van der Waals surface area contributed by atoms with E-state index < -0.39 is 0 Å². The largest absolute Gasteiger partial charge is 0.495 e. The van der Waals surface area contributed by atoms with Gasteiger partial charge in [0.05, 0.1) is 12.1 Å². The van der Waals surface area contributed by atoms with Crippen LogP contribution in [0, 0.1) is 0 Å². The molecular weight excluding hydrogens is 270 g/mol. The number of nitrogens with one attached hydrogen (secondary N) is 1. The predicted octanol–water partition coefficient (Wildman–Crippen LogP) is 5.90. The van der Waals surface area contributed by atoms with E-state index in [1.54, 1.807) is 7.11 Å². The molecule has 1 rings (SSSR count). The van der Waals surface area contributed by atoms with Gasteiger partial charge in [-0.15, -0.1) is 0 Å². The second-order valence-corrected chi connectivity index (χ2v) is 5.66. The molecule has 114 valence electrons. The molecule has 0 radical (unpaired) electrons. The van der Waals surface area contributed by atoms with Crippen LogP contribution in [0.15, 0.2) is 18.2 Å². The Labute approximate surface area is 128 Å². The molecular formula is C17H28ClNO. The van der Waals surface area contributed by atoms with Crippen molar-refractivity contribution < 1.29 is 4.74 Å². The summed E-state index contributed by atoms with van der Waals surface area (Å²) in [7, 11) is 1.63. The summed E-state index contributed by atoms with van der Waals surface area (Å²) < 4.78 is 5.14. The third kappa shape index (κ3) is 7.04. The molecule has 0 fully saturated rings. The Kier molecular flexibility index (Phi) is 9.31. The molecule has 0 bridgehead atoms. The van der Waals surface area contributed by atoms with Gasteiger partial charge in [-0.25, -0.2) is 0 Å². The predicted molar refractivity (Wildman–Crippen MR) is 89.1 cm³/mol. The van der Waals surface area contributed by atoms with Crippen LogP contribution >= 0.6 is 11.6 Å². The van der Waals surface area contributed by atoms with E-state index in [0.717, 1.165) is 18.0 Å². The molecule has 0 aromatic heterocycles. The molecule has 2 nitrogen and oxygen atoms in total. The van der Waals surface area contributed by atoms with Crippen LogP contribution in [0.25, 0.3) is 0 Å². The van der Waals surface area contributed by atoms with E-state index >= 15 is 0 Å². The zero-order chi connectivity index (χ0) is 14.6. The molecule has 0 unspecified atom stereocenters. The van der Waals surface area contributed by atoms with Crippen LogP contribution in [0.1, 0.15) is 58.3 Å². The number of halogens is 1. The first-order valence-corrected chi connectivity index (χ1v) is 8.23. The minimum atomic E-state index is 0.661. The van der Waals surface area contributed by atoms with E-state index in [0.29, 0.717) is 5.02 Å². The first-order chi connectivity index (χ1) is 9.77. The van der Waals surface area contributed by atoms with Crippen LogP contribution in [-0.4, -0.2) is 13.7 Å². The normalized spacial score (nSPS) is 10.6. The zero-order valence-electron chi connectivity index (χ0n) is 12.9. The lowest BCUT2D eigenvalue weighted by molar-refractivity contribution is 0.415. The van der Waals surface area contributed by atoms with Crippen molar-refractivity contribution >= 4 is 17.3 Å². The van der Waals surface area contributed by atoms with Gasteiger partial charge in [-0.1, -0.05) is 63.5 Å². The minimum absolute atomic E-state index is 0.661. The van der Waals surface area contributed by atoms with E-state index in [2.05, 4.69) is 12.2 Å². The summed E-state index contributed by atoms with van der Waals surface area (Å²) in [5.74, 6) is 0.726. The van der Waals surface area contributed by atoms with Crippen LogP contribution in [0.4, 0.5) is 5.69 Å². The maximum Gasteiger partial charge on any atom is 0.137 e. The monoisotopic (exact) mass is 297 g/mol. The van der Waals surface area contributed by atoms with Crippen molar-refractivity contribution in [2.75, 3.05) is 19.0 Å². The first kappa shape index (κ1) is 17.2. The lowest BCUT2D eigenvalue weighted by atomic mass is 10.1. The lowest BCUT2D eigenvalue weighted by Crippen LogP contribution is -2.01. The summed E-state index contributed by atoms with van der Waals surface area (Å²) in [5, 5.41) is 4.07. The highest BCUT2D eigenvalue weighted by Gasteiger charge is 2.01. The van der Waals surface area contributed by atoms with E-state index in [-0.39, 0.29) is 0 Å². The number of ether oxygens (including phenoxy) is 1. The third-order valence-corrected chi connectivity index (χ3v) is 3.81. The molecule has 0 aliphatic rings. The van der Waals surface area contributed by atoms with Crippen LogP contribution in [0.3, 0.4) is 0 Å². The van der Waals surface area contributed by atoms with Gasteiger partial charge < -0.3 is 10.1 Å². The molecule has 0 saturated carbocycles. The van der Waals surface area contributed by atoms with E-state index in [4.69, 9.17) is 16.3 Å². The molecule has 20 heavy (non-hydrogen) atoms. The molecule has 0 amide bonds. The highest BCUT2D eigenvalue weighted by Crippen LogP contribution is 2.27. The van der Waals surface area contributed by atoms with Gasteiger partial charge in [0.1, 0.15) is 5.75 Å². The van der Waals surface area contributed by atoms with Gasteiger partial charge in [0, 0.05) is 12.2 Å². The van der Waals surface area contributed by atoms with Gasteiger partial charge in [0.25, 0.3) is 0 Å². The lowest BCUT2D eigenvalue weighted by Gasteiger charge is -2.09. The molecule has 0 aliphatic heterocycles. The molecule has 0 aliphatic carbocycles. The van der Waals surface area contributed by atoms with Crippen molar-refractivity contribution in [2.45, 2.75) is 58.3 Å². The number of hydrogen-bond donors (Lipinski definition) is 1. The van der Waals surface area contributed by atoms with Crippen molar-refractivity contribution in [2.24, 2.45) is 0 Å². The average molecular weight is 298 g/mol. The fourth-order valence-corrected chi connectivity index (χ4v) is 2.53. The van der Waals surface area contributed by atoms with Gasteiger partial charge >= 0.3 is 0 Å². The molecule has 0 atom stereocenters. The van der Waals surface area contributed by atoms with Gasteiger partial charge in [-0.05, 0) is 24.6 Å². The average Bonchev–Trinajstić information content (AvgIpc) is 2.46. The van der Waals surface area contributed by atoms with Gasteiger partial charge in [0.2, 0.25) is 0 Å². The molecule has 0 saturated heterocycles. The van der Waals surface area contributed by atoms with Crippen LogP contribution in [0.5, 0.6) is 5.75 Å². The van der Waals surface area contributed by atoms with E-state index in [1.165, 1.54) is 51.4 Å². The highest BCUT2D eigenvalue weighted by atomic mass is 35.5. The topological polar surface area (TPSA) is 21.3 Å². The van der Waals surface area contributed by atoms with Gasteiger partial charge in [0.15, 0.2) is 0 Å². The van der Waals surface area contributed by atoms with E-state index in [9.17, 15) is 0 Å². The van der Waals surface area contributed by atoms with Gasteiger partial charge in [-0.3, -0.25) is 0 Å². The number of rotatable bonds is 11. The maximum absolute atomic E-state index is 6.09. The highest BCUT2D eigenvalue weighted by molar-refractivity contribution is 6.32. The van der Waals surface area contributed by atoms with Crippen LogP contribution < -0.4 is 10.1 Å². The SMILES string of the molecule is CCCCCCCCCCNc1ccc(OC)c(Cl)c1. The Morgan fingerprint density at radius 2 is 1.65 bits per heavy atom. The quantitative estimate of drug-likeness (QED) is 0.513. The second kappa shape index (κ2) is 10.8. The molecule has 3 heteroatoms. The zero-order valence-corrected chi connectivity index (χ0v) is 13.6. The first-order valence-electron chi connectivity index (χ1n) is 7.85. The van der Waals surface area contributed by atoms with Crippen molar-refractivity contribution in [3.63, 3.8) is 0 Å². The standard InChI is InChI=1S/C17H28ClNO/c1-3-4-5-6-7-8-9-10-13-19-15-11-12-17(20-2)16(18)14-15/h11-12,14,19H,3-10,13H2,1-2H3. The van der Waals surface area contributed by atoms with Crippen molar-refractivity contribution in [3.8, 4) is 5.75 Å². The molecule has 0 spiro atoms. The van der Waals surface area contributed by atoms with Crippen molar-refractivity contribution in [1.82, 2.24) is 0 Å². The maximum atomic E-state index is 6.09. The second-order valence-electron chi connectivity index (χ2n) is 5.25. The summed E-state index contributed by atoms with van der Waals surface area (Å²) >= 11 is 6.09. The Bertz CT molecular complexity index is 368. The van der Waals surface area contributed by atoms with Crippen LogP contribution in [-0.2, 0) is 0 Å². The third-order valence-electron chi connectivity index (χ3n) is 3.51. The molecule has 1 aromatic carbocycles. The number of methoxy groups -OCH3 is 1. The summed E-state index contributed by atoms with van der Waals surface area (Å²) in [5.41, 5.74) is 1.07. The summed E-state index contributed by atoms with van der Waals surface area (Å²) in [6, 6.07) is 5.83. The van der Waals surface area contributed by atoms with E-state index in [1.807, 2.05) is 18.2 Å². The minimum Gasteiger partial charge on any atom is -0.495 e. The molecule has 0 heterocycles. The molecule has 1 aromatic rings. The number of benzene rings is 1. The fourth-order valence-electron chi connectivity index (χ4n) is 2.27. The Morgan fingerprint density at radius 1 is 1.00 bits per heavy atom. The smallest absolute Gasteiger partial charge is 0.137 e. The summed E-state index contributed by atoms with van der Waals surface area (Å²) in [6.07, 6.45) is 10.8. The van der Waals surface area contributed by atoms with Crippen molar-refractivity contribution in [3.05, 3.63) is 23.2 Å². The van der Waals surface area contributed by atoms with Crippen molar-refractivity contribution in [1.29, 1.82) is 0 Å². The summed E-state index contributed by atoms with van der Waals surface area (Å²) in [6.45, 7) is 3.27. The molecule has 1 N–H and O–H groups in total. The Balaban J connectivity index is 2.05. The fraction of sp³-hybridized carbons (Fsp3) is 0.647.